The van der Waals surface area contributed by atoms with E-state index in [4.69, 9.17) is 4.74 Å². The van der Waals surface area contributed by atoms with Gasteiger partial charge in [0.15, 0.2) is 18.3 Å². The molecule has 13 heteroatoms. The van der Waals surface area contributed by atoms with Gasteiger partial charge in [-0.1, -0.05) is 24.3 Å². The maximum atomic E-state index is 13.0. The second kappa shape index (κ2) is 9.36. The number of aromatic nitrogens is 1. The minimum absolute atomic E-state index is 0.000584. The number of fused-ring (bicyclic) bond motifs is 2. The number of nitrogens with one attached hydrogen (secondary N) is 2. The molecule has 2 aromatic carbocycles. The molecule has 3 atom stereocenters. The number of hydrogen-bond donors (Lipinski definition) is 2. The Hall–Kier alpha value is -4.49. The number of carbonyl (C=O) groups is 3. The summed E-state index contributed by atoms with van der Waals surface area (Å²) < 4.78 is 47.7. The van der Waals surface area contributed by atoms with Crippen molar-refractivity contribution in [2.75, 3.05) is 23.3 Å². The van der Waals surface area contributed by atoms with Crippen molar-refractivity contribution in [1.82, 2.24) is 15.2 Å². The summed E-state index contributed by atoms with van der Waals surface area (Å²) in [5.41, 5.74) is 1.58. The number of nitrogens with zero attached hydrogens (tertiary/aromatic N) is 3. The molecular formula is C26H20F3N5O5. The van der Waals surface area contributed by atoms with Gasteiger partial charge in [0.05, 0.1) is 22.9 Å². The minimum Gasteiger partial charge on any atom is -0.406 e. The third-order valence-corrected chi connectivity index (χ3v) is 6.55. The van der Waals surface area contributed by atoms with Gasteiger partial charge in [0.2, 0.25) is 5.91 Å². The van der Waals surface area contributed by atoms with Gasteiger partial charge in [-0.05, 0) is 42.0 Å². The number of anilines is 2. The van der Waals surface area contributed by atoms with Crippen molar-refractivity contribution < 1.29 is 37.0 Å². The number of hydrogen-bond acceptors (Lipinski definition) is 8. The molecule has 1 fully saturated rings. The fourth-order valence-electron chi connectivity index (χ4n) is 4.76. The molecule has 4 heterocycles. The van der Waals surface area contributed by atoms with Crippen molar-refractivity contribution in [3.8, 4) is 5.75 Å². The molecule has 3 amide bonds. The second-order valence-electron chi connectivity index (χ2n) is 9.10. The highest BCUT2D eigenvalue weighted by molar-refractivity contribution is 6.21. The largest absolute Gasteiger partial charge is 0.573 e. The van der Waals surface area contributed by atoms with E-state index in [1.807, 2.05) is 0 Å². The number of epoxide rings is 1. The maximum Gasteiger partial charge on any atom is 0.573 e. The van der Waals surface area contributed by atoms with Crippen LogP contribution in [-0.4, -0.2) is 59.5 Å². The van der Waals surface area contributed by atoms with Gasteiger partial charge >= 0.3 is 6.36 Å². The first kappa shape index (κ1) is 24.8. The molecule has 0 spiro atoms. The summed E-state index contributed by atoms with van der Waals surface area (Å²) in [6.45, 7) is -0.118. The summed E-state index contributed by atoms with van der Waals surface area (Å²) in [6.07, 6.45) is -4.47. The van der Waals surface area contributed by atoms with Crippen molar-refractivity contribution in [3.63, 3.8) is 0 Å². The number of halogens is 3. The number of ether oxygens (including phenoxy) is 2. The first-order chi connectivity index (χ1) is 18.7. The molecule has 200 valence electrons. The van der Waals surface area contributed by atoms with Crippen LogP contribution in [0.25, 0.3) is 0 Å². The highest BCUT2D eigenvalue weighted by Gasteiger charge is 2.48. The summed E-state index contributed by atoms with van der Waals surface area (Å²) >= 11 is 0. The van der Waals surface area contributed by atoms with Gasteiger partial charge < -0.3 is 19.7 Å². The number of pyridine rings is 1. The summed E-state index contributed by atoms with van der Waals surface area (Å²) in [5, 5.41) is 5.98. The lowest BCUT2D eigenvalue weighted by Gasteiger charge is -2.28. The average Bonchev–Trinajstić information content (AvgIpc) is 3.63. The summed E-state index contributed by atoms with van der Waals surface area (Å²) in [7, 11) is 0. The molecule has 1 aromatic heterocycles. The molecule has 0 radical (unpaired) electrons. The summed E-state index contributed by atoms with van der Waals surface area (Å²) in [6, 6.07) is 14.3. The lowest BCUT2D eigenvalue weighted by atomic mass is 10.1. The zero-order valence-electron chi connectivity index (χ0n) is 20.0. The molecule has 2 N–H and O–H groups in total. The fourth-order valence-corrected chi connectivity index (χ4v) is 4.76. The van der Waals surface area contributed by atoms with E-state index in [0.29, 0.717) is 17.1 Å². The Morgan fingerprint density at radius 2 is 1.72 bits per heavy atom. The van der Waals surface area contributed by atoms with Gasteiger partial charge in [0.25, 0.3) is 11.8 Å². The number of benzene rings is 2. The highest BCUT2D eigenvalue weighted by atomic mass is 19.4. The molecule has 1 saturated heterocycles. The van der Waals surface area contributed by atoms with E-state index in [-0.39, 0.29) is 30.1 Å². The minimum atomic E-state index is -4.85. The molecule has 3 aliphatic heterocycles. The van der Waals surface area contributed by atoms with E-state index in [9.17, 15) is 27.6 Å². The molecule has 6 rings (SSSR count). The quantitative estimate of drug-likeness (QED) is 0.348. The van der Waals surface area contributed by atoms with Gasteiger partial charge in [-0.15, -0.1) is 13.2 Å². The van der Waals surface area contributed by atoms with E-state index < -0.39 is 42.4 Å². The molecule has 0 aliphatic carbocycles. The Bertz CT molecular complexity index is 1430. The van der Waals surface area contributed by atoms with E-state index in [1.54, 1.807) is 47.5 Å². The number of amides is 3. The zero-order valence-corrected chi connectivity index (χ0v) is 20.0. The monoisotopic (exact) mass is 539 g/mol. The van der Waals surface area contributed by atoms with Crippen LogP contribution in [0.2, 0.25) is 0 Å². The normalized spacial score (nSPS) is 20.8. The van der Waals surface area contributed by atoms with Crippen molar-refractivity contribution in [1.29, 1.82) is 0 Å². The van der Waals surface area contributed by atoms with Crippen LogP contribution in [-0.2, 0) is 9.53 Å². The van der Waals surface area contributed by atoms with Crippen LogP contribution in [0, 0.1) is 0 Å². The van der Waals surface area contributed by atoms with Crippen LogP contribution in [0.4, 0.5) is 24.7 Å². The number of alkyl halides is 3. The predicted octanol–water partition coefficient (Wildman–Crippen LogP) is 3.05. The highest BCUT2D eigenvalue weighted by Crippen LogP contribution is 2.36. The van der Waals surface area contributed by atoms with Gasteiger partial charge in [0, 0.05) is 12.7 Å². The topological polar surface area (TPSA) is 116 Å². The van der Waals surface area contributed by atoms with Crippen LogP contribution in [0.3, 0.4) is 0 Å². The summed E-state index contributed by atoms with van der Waals surface area (Å²) in [4.78, 5) is 45.4. The first-order valence-corrected chi connectivity index (χ1v) is 11.9. The molecule has 3 aromatic rings. The van der Waals surface area contributed by atoms with Crippen LogP contribution in [0.5, 0.6) is 5.75 Å². The SMILES string of the molecule is O=C1CN(C2OC2NC(CN2C(=O)c3ccccc3C2=O)c2ccc(OC(F)(F)F)cc2)c2ncccc2N1. The Morgan fingerprint density at radius 1 is 1.03 bits per heavy atom. The Balaban J connectivity index is 1.24. The number of carbonyl (C=O) groups excluding carboxylic acids is 3. The van der Waals surface area contributed by atoms with Gasteiger partial charge in [-0.2, -0.15) is 0 Å². The maximum absolute atomic E-state index is 13.0. The average molecular weight is 539 g/mol. The molecule has 3 unspecified atom stereocenters. The smallest absolute Gasteiger partial charge is 0.406 e. The van der Waals surface area contributed by atoms with E-state index in [0.717, 1.165) is 17.0 Å². The molecule has 0 saturated carbocycles. The molecule has 3 aliphatic rings. The number of rotatable bonds is 7. The molecule has 0 bridgehead atoms. The van der Waals surface area contributed by atoms with Gasteiger partial charge in [-0.3, -0.25) is 24.6 Å². The Morgan fingerprint density at radius 3 is 2.38 bits per heavy atom. The van der Waals surface area contributed by atoms with Crippen LogP contribution in [0.15, 0.2) is 66.9 Å². The van der Waals surface area contributed by atoms with Crippen molar-refractivity contribution >= 4 is 29.2 Å². The van der Waals surface area contributed by atoms with E-state index in [1.165, 1.54) is 12.1 Å². The lowest BCUT2D eigenvalue weighted by molar-refractivity contribution is -0.274. The van der Waals surface area contributed by atoms with Crippen LogP contribution >= 0.6 is 0 Å². The first-order valence-electron chi connectivity index (χ1n) is 11.9. The van der Waals surface area contributed by atoms with Crippen LogP contribution in [0.1, 0.15) is 32.3 Å². The van der Waals surface area contributed by atoms with E-state index >= 15 is 0 Å². The van der Waals surface area contributed by atoms with E-state index in [2.05, 4.69) is 20.4 Å². The van der Waals surface area contributed by atoms with Crippen molar-refractivity contribution in [2.45, 2.75) is 24.9 Å². The third kappa shape index (κ3) is 4.89. The molecular weight excluding hydrogens is 519 g/mol. The standard InChI is InChI=1S/C26H20F3N5O5/c27-26(28,29)39-15-9-7-14(8-10-15)19(12-34-23(36)16-4-1-2-5-17(16)24(34)37)32-22-25(38-22)33-13-20(35)31-18-6-3-11-30-21(18)33/h1-11,19,22,25,32H,12-13H2,(H,31,35). The molecule has 39 heavy (non-hydrogen) atoms. The lowest BCUT2D eigenvalue weighted by Crippen LogP contribution is -2.44. The third-order valence-electron chi connectivity index (χ3n) is 6.55. The van der Waals surface area contributed by atoms with Gasteiger partial charge in [0.1, 0.15) is 12.3 Å². The fraction of sp³-hybridized carbons (Fsp3) is 0.231. The van der Waals surface area contributed by atoms with Crippen molar-refractivity contribution in [2.24, 2.45) is 0 Å². The number of imide groups is 1. The Labute approximate surface area is 219 Å². The molecule has 10 nitrogen and oxygen atoms in total. The van der Waals surface area contributed by atoms with Gasteiger partial charge in [-0.25, -0.2) is 4.98 Å². The predicted molar refractivity (Wildman–Crippen MR) is 130 cm³/mol. The summed E-state index contributed by atoms with van der Waals surface area (Å²) in [5.74, 6) is -1.07. The Kier molecular flexibility index (Phi) is 5.96. The van der Waals surface area contributed by atoms with Crippen LogP contribution < -0.4 is 20.3 Å². The second-order valence-corrected chi connectivity index (χ2v) is 9.10. The zero-order chi connectivity index (χ0) is 27.3. The van der Waals surface area contributed by atoms with Crippen molar-refractivity contribution in [3.05, 3.63) is 83.6 Å².